The Bertz CT molecular complexity index is 695. The SMILES string of the molecule is CN1CCCC2C(c3ccc(N)cc3)c3ccc(Cl)cc3C21. The largest absolute Gasteiger partial charge is 0.399 e. The number of nitrogen functional groups attached to an aromatic ring is 1. The van der Waals surface area contributed by atoms with E-state index in [1.54, 1.807) is 0 Å². The van der Waals surface area contributed by atoms with Crippen LogP contribution >= 0.6 is 11.6 Å². The molecule has 114 valence electrons. The Balaban J connectivity index is 1.86. The zero-order valence-corrected chi connectivity index (χ0v) is 13.6. The lowest BCUT2D eigenvalue weighted by molar-refractivity contribution is 0.127. The highest BCUT2D eigenvalue weighted by Crippen LogP contribution is 2.54. The van der Waals surface area contributed by atoms with E-state index in [1.165, 1.54) is 36.1 Å². The molecular formula is C19H21ClN2. The molecule has 1 heterocycles. The molecule has 2 aliphatic rings. The van der Waals surface area contributed by atoms with Crippen LogP contribution in [0.15, 0.2) is 42.5 Å². The number of halogens is 1. The van der Waals surface area contributed by atoms with Crippen LogP contribution in [0.5, 0.6) is 0 Å². The molecule has 0 bridgehead atoms. The summed E-state index contributed by atoms with van der Waals surface area (Å²) in [7, 11) is 2.24. The normalized spacial score (nSPS) is 27.5. The first-order chi connectivity index (χ1) is 10.6. The van der Waals surface area contributed by atoms with E-state index in [-0.39, 0.29) is 0 Å². The molecule has 0 saturated carbocycles. The highest BCUT2D eigenvalue weighted by molar-refractivity contribution is 6.30. The lowest BCUT2D eigenvalue weighted by Crippen LogP contribution is -2.34. The summed E-state index contributed by atoms with van der Waals surface area (Å²) >= 11 is 6.28. The molecular weight excluding hydrogens is 292 g/mol. The van der Waals surface area contributed by atoms with Gasteiger partial charge in [0.05, 0.1) is 0 Å². The number of nitrogens with two attached hydrogens (primary N) is 1. The number of fused-ring (bicyclic) bond motifs is 3. The van der Waals surface area contributed by atoms with Crippen LogP contribution < -0.4 is 5.73 Å². The third-order valence-electron chi connectivity index (χ3n) is 5.35. The van der Waals surface area contributed by atoms with Crippen molar-refractivity contribution in [2.75, 3.05) is 19.3 Å². The van der Waals surface area contributed by atoms with Gasteiger partial charge in [-0.2, -0.15) is 0 Å². The fourth-order valence-corrected chi connectivity index (χ4v) is 4.64. The van der Waals surface area contributed by atoms with Crippen LogP contribution in [0.3, 0.4) is 0 Å². The molecule has 4 rings (SSSR count). The fourth-order valence-electron chi connectivity index (χ4n) is 4.46. The van der Waals surface area contributed by atoms with Crippen LogP contribution in [0, 0.1) is 5.92 Å². The van der Waals surface area contributed by atoms with Gasteiger partial charge < -0.3 is 5.73 Å². The first-order valence-electron chi connectivity index (χ1n) is 8.00. The second kappa shape index (κ2) is 5.29. The van der Waals surface area contributed by atoms with Crippen molar-refractivity contribution >= 4 is 17.3 Å². The molecule has 1 aliphatic heterocycles. The number of rotatable bonds is 1. The van der Waals surface area contributed by atoms with Crippen molar-refractivity contribution in [1.82, 2.24) is 4.90 Å². The Hall–Kier alpha value is -1.51. The van der Waals surface area contributed by atoms with Gasteiger partial charge in [0.1, 0.15) is 0 Å². The zero-order chi connectivity index (χ0) is 15.3. The standard InChI is InChI=1S/C19H21ClN2/c1-22-10-2-3-16-18(12-4-7-14(21)8-5-12)15-9-6-13(20)11-17(15)19(16)22/h4-9,11,16,18-19H,2-3,10,21H2,1H3. The Labute approximate surface area is 136 Å². The molecule has 2 aromatic rings. The molecule has 3 unspecified atom stereocenters. The molecule has 0 radical (unpaired) electrons. The molecule has 2 N–H and O–H groups in total. The highest BCUT2D eigenvalue weighted by Gasteiger charge is 2.44. The number of piperidine rings is 1. The molecule has 0 spiro atoms. The van der Waals surface area contributed by atoms with Crippen LogP contribution in [0.4, 0.5) is 5.69 Å². The summed E-state index contributed by atoms with van der Waals surface area (Å²) in [6, 6.07) is 15.3. The second-order valence-electron chi connectivity index (χ2n) is 6.65. The summed E-state index contributed by atoms with van der Waals surface area (Å²) in [5.41, 5.74) is 10.9. The van der Waals surface area contributed by atoms with E-state index in [1.807, 2.05) is 18.2 Å². The van der Waals surface area contributed by atoms with Crippen LogP contribution in [-0.2, 0) is 0 Å². The molecule has 22 heavy (non-hydrogen) atoms. The van der Waals surface area contributed by atoms with Gasteiger partial charge in [0.2, 0.25) is 0 Å². The second-order valence-corrected chi connectivity index (χ2v) is 7.09. The monoisotopic (exact) mass is 312 g/mol. The number of likely N-dealkylation sites (tertiary alicyclic amines) is 1. The van der Waals surface area contributed by atoms with E-state index in [2.05, 4.69) is 36.2 Å². The lowest BCUT2D eigenvalue weighted by atomic mass is 9.80. The number of hydrogen-bond acceptors (Lipinski definition) is 2. The van der Waals surface area contributed by atoms with E-state index in [4.69, 9.17) is 17.3 Å². The van der Waals surface area contributed by atoms with Gasteiger partial charge >= 0.3 is 0 Å². The fraction of sp³-hybridized carbons (Fsp3) is 0.368. The summed E-state index contributed by atoms with van der Waals surface area (Å²) in [6.07, 6.45) is 2.54. The maximum Gasteiger partial charge on any atom is 0.0409 e. The average molecular weight is 313 g/mol. The predicted octanol–water partition coefficient (Wildman–Crippen LogP) is 4.45. The van der Waals surface area contributed by atoms with Crippen molar-refractivity contribution in [3.63, 3.8) is 0 Å². The van der Waals surface area contributed by atoms with Gasteiger partial charge in [0, 0.05) is 22.7 Å². The minimum atomic E-state index is 0.459. The van der Waals surface area contributed by atoms with Crippen molar-refractivity contribution in [3.8, 4) is 0 Å². The molecule has 2 nitrogen and oxygen atoms in total. The van der Waals surface area contributed by atoms with Gasteiger partial charge in [-0.05, 0) is 73.3 Å². The van der Waals surface area contributed by atoms with Crippen molar-refractivity contribution in [2.45, 2.75) is 24.8 Å². The number of nitrogens with zero attached hydrogens (tertiary/aromatic N) is 1. The Morgan fingerprint density at radius 1 is 1.09 bits per heavy atom. The predicted molar refractivity (Wildman–Crippen MR) is 92.2 cm³/mol. The first kappa shape index (κ1) is 14.1. The van der Waals surface area contributed by atoms with Crippen LogP contribution in [0.2, 0.25) is 5.02 Å². The summed E-state index contributed by atoms with van der Waals surface area (Å²) < 4.78 is 0. The molecule has 1 aliphatic carbocycles. The van der Waals surface area contributed by atoms with Crippen molar-refractivity contribution in [2.24, 2.45) is 5.92 Å². The Morgan fingerprint density at radius 3 is 2.64 bits per heavy atom. The third-order valence-corrected chi connectivity index (χ3v) is 5.59. The summed E-state index contributed by atoms with van der Waals surface area (Å²) in [6.45, 7) is 1.17. The van der Waals surface area contributed by atoms with Crippen LogP contribution in [-0.4, -0.2) is 18.5 Å². The van der Waals surface area contributed by atoms with E-state index < -0.39 is 0 Å². The number of benzene rings is 2. The average Bonchev–Trinajstić information content (AvgIpc) is 2.83. The third kappa shape index (κ3) is 2.13. The van der Waals surface area contributed by atoms with E-state index in [9.17, 15) is 0 Å². The van der Waals surface area contributed by atoms with Gasteiger partial charge in [-0.3, -0.25) is 4.90 Å². The molecule has 0 aromatic heterocycles. The summed E-state index contributed by atoms with van der Waals surface area (Å²) in [5, 5.41) is 0.842. The minimum Gasteiger partial charge on any atom is -0.399 e. The van der Waals surface area contributed by atoms with Gasteiger partial charge in [-0.25, -0.2) is 0 Å². The maximum atomic E-state index is 6.28. The van der Waals surface area contributed by atoms with Gasteiger partial charge in [-0.1, -0.05) is 29.8 Å². The highest BCUT2D eigenvalue weighted by atomic mass is 35.5. The van der Waals surface area contributed by atoms with Gasteiger partial charge in [-0.15, -0.1) is 0 Å². The summed E-state index contributed by atoms with van der Waals surface area (Å²) in [5.74, 6) is 1.09. The minimum absolute atomic E-state index is 0.459. The summed E-state index contributed by atoms with van der Waals surface area (Å²) in [4.78, 5) is 2.50. The van der Waals surface area contributed by atoms with E-state index in [0.29, 0.717) is 17.9 Å². The Kier molecular flexibility index (Phi) is 3.39. The molecule has 3 atom stereocenters. The van der Waals surface area contributed by atoms with Crippen molar-refractivity contribution in [3.05, 3.63) is 64.2 Å². The zero-order valence-electron chi connectivity index (χ0n) is 12.8. The van der Waals surface area contributed by atoms with Gasteiger partial charge in [0.15, 0.2) is 0 Å². The van der Waals surface area contributed by atoms with E-state index >= 15 is 0 Å². The Morgan fingerprint density at radius 2 is 1.86 bits per heavy atom. The number of hydrogen-bond donors (Lipinski definition) is 1. The maximum absolute atomic E-state index is 6.28. The molecule has 3 heteroatoms. The smallest absolute Gasteiger partial charge is 0.0409 e. The molecule has 2 aromatic carbocycles. The molecule has 1 saturated heterocycles. The van der Waals surface area contributed by atoms with Crippen LogP contribution in [0.25, 0.3) is 0 Å². The first-order valence-corrected chi connectivity index (χ1v) is 8.38. The number of anilines is 1. The topological polar surface area (TPSA) is 29.3 Å². The van der Waals surface area contributed by atoms with Crippen molar-refractivity contribution in [1.29, 1.82) is 0 Å². The van der Waals surface area contributed by atoms with Crippen LogP contribution in [0.1, 0.15) is 41.5 Å². The van der Waals surface area contributed by atoms with Crippen molar-refractivity contribution < 1.29 is 0 Å². The molecule has 0 amide bonds. The molecule has 1 fully saturated rings. The quantitative estimate of drug-likeness (QED) is 0.788. The van der Waals surface area contributed by atoms with E-state index in [0.717, 1.165) is 10.7 Å². The lowest BCUT2D eigenvalue weighted by Gasteiger charge is -2.37. The van der Waals surface area contributed by atoms with Gasteiger partial charge in [0.25, 0.3) is 0 Å².